The van der Waals surface area contributed by atoms with Crippen molar-refractivity contribution in [3.05, 3.63) is 23.8 Å². The lowest BCUT2D eigenvalue weighted by Crippen LogP contribution is -2.48. The molecule has 6 nitrogen and oxygen atoms in total. The molecule has 3 N–H and O–H groups in total. The molecule has 0 spiro atoms. The van der Waals surface area contributed by atoms with Crippen molar-refractivity contribution in [2.75, 3.05) is 26.4 Å². The second kappa shape index (κ2) is 10.5. The molecule has 0 saturated carbocycles. The lowest BCUT2D eigenvalue weighted by molar-refractivity contribution is -0.136. The summed E-state index contributed by atoms with van der Waals surface area (Å²) in [7, 11) is 0. The molecular weight excluding hydrogens is 370 g/mol. The number of carbonyl (C=O) groups is 1. The number of hydrogen-bond donors (Lipinski definition) is 2. The third-order valence-electron chi connectivity index (χ3n) is 4.30. The van der Waals surface area contributed by atoms with Gasteiger partial charge in [-0.15, -0.1) is 12.4 Å². The summed E-state index contributed by atoms with van der Waals surface area (Å²) >= 11 is 0. The Morgan fingerprint density at radius 1 is 1.35 bits per heavy atom. The van der Waals surface area contributed by atoms with Crippen molar-refractivity contribution in [1.29, 1.82) is 0 Å². The van der Waals surface area contributed by atoms with Crippen LogP contribution in [0.5, 0.6) is 11.5 Å². The fourth-order valence-corrected chi connectivity index (χ4v) is 2.78. The third kappa shape index (κ3) is 5.69. The van der Waals surface area contributed by atoms with Crippen molar-refractivity contribution in [2.45, 2.75) is 32.9 Å². The molecule has 0 radical (unpaired) electrons. The summed E-state index contributed by atoms with van der Waals surface area (Å²) in [5.74, 6) is 0.0631. The molecule has 1 aromatic rings. The van der Waals surface area contributed by atoms with Crippen LogP contribution in [0.2, 0.25) is 0 Å². The van der Waals surface area contributed by atoms with Crippen LogP contribution in [0.4, 0.5) is 8.78 Å². The Bertz CT molecular complexity index is 584. The topological polar surface area (TPSA) is 82.8 Å². The molecule has 0 aliphatic carbocycles. The Morgan fingerprint density at radius 3 is 2.62 bits per heavy atom. The molecule has 0 aromatic heterocycles. The molecule has 148 valence electrons. The van der Waals surface area contributed by atoms with E-state index in [-0.39, 0.29) is 42.9 Å². The first-order chi connectivity index (χ1) is 12.0. The number of benzene rings is 1. The standard InChI is InChI=1S/C17H24F2N2O4.ClH/c1-2-24-14-9-12(3-4-13(14)25-16(18)19)10-21-15(22)17(11-20)5-7-23-8-6-17;/h3-4,9,16H,2,5-8,10-11,20H2,1H3,(H,21,22);1H. The zero-order valence-corrected chi connectivity index (χ0v) is 15.5. The molecule has 2 rings (SSSR count). The Labute approximate surface area is 157 Å². The average Bonchev–Trinajstić information content (AvgIpc) is 2.62. The number of alkyl halides is 2. The van der Waals surface area contributed by atoms with Gasteiger partial charge in [0, 0.05) is 26.3 Å². The van der Waals surface area contributed by atoms with Gasteiger partial charge in [-0.2, -0.15) is 8.78 Å². The Kier molecular flexibility index (Phi) is 9.04. The molecular formula is C17H25ClF2N2O4. The summed E-state index contributed by atoms with van der Waals surface area (Å²) in [5.41, 5.74) is 5.92. The summed E-state index contributed by atoms with van der Waals surface area (Å²) < 4.78 is 39.9. The first kappa shape index (κ1) is 22.4. The SMILES string of the molecule is CCOc1cc(CNC(=O)C2(CN)CCOCC2)ccc1OC(F)F.Cl. The van der Waals surface area contributed by atoms with Crippen LogP contribution >= 0.6 is 12.4 Å². The van der Waals surface area contributed by atoms with Gasteiger partial charge >= 0.3 is 6.61 Å². The van der Waals surface area contributed by atoms with Crippen LogP contribution in [0.3, 0.4) is 0 Å². The lowest BCUT2D eigenvalue weighted by Gasteiger charge is -2.34. The van der Waals surface area contributed by atoms with Crippen molar-refractivity contribution in [1.82, 2.24) is 5.32 Å². The van der Waals surface area contributed by atoms with Gasteiger partial charge in [-0.1, -0.05) is 6.07 Å². The highest BCUT2D eigenvalue weighted by molar-refractivity contribution is 5.85. The van der Waals surface area contributed by atoms with Gasteiger partial charge < -0.3 is 25.3 Å². The first-order valence-electron chi connectivity index (χ1n) is 8.27. The number of nitrogens with one attached hydrogen (secondary N) is 1. The van der Waals surface area contributed by atoms with Crippen LogP contribution in [0.15, 0.2) is 18.2 Å². The van der Waals surface area contributed by atoms with Crippen molar-refractivity contribution in [3.8, 4) is 11.5 Å². The second-order valence-corrected chi connectivity index (χ2v) is 5.87. The summed E-state index contributed by atoms with van der Waals surface area (Å²) in [6.45, 7) is 0.659. The van der Waals surface area contributed by atoms with Crippen molar-refractivity contribution in [3.63, 3.8) is 0 Å². The number of ether oxygens (including phenoxy) is 3. The summed E-state index contributed by atoms with van der Waals surface area (Å²) in [6, 6.07) is 4.60. The van der Waals surface area contributed by atoms with Crippen LogP contribution in [0.1, 0.15) is 25.3 Å². The van der Waals surface area contributed by atoms with E-state index in [1.165, 1.54) is 6.07 Å². The molecule has 1 fully saturated rings. The summed E-state index contributed by atoms with van der Waals surface area (Å²) in [6.07, 6.45) is 1.17. The van der Waals surface area contributed by atoms with E-state index < -0.39 is 12.0 Å². The molecule has 0 unspecified atom stereocenters. The summed E-state index contributed by atoms with van der Waals surface area (Å²) in [5, 5.41) is 2.87. The zero-order valence-electron chi connectivity index (χ0n) is 14.6. The molecule has 1 saturated heterocycles. The van der Waals surface area contributed by atoms with Crippen LogP contribution in [-0.2, 0) is 16.1 Å². The maximum atomic E-state index is 12.5. The number of rotatable bonds is 8. The Morgan fingerprint density at radius 2 is 2.04 bits per heavy atom. The van der Waals surface area contributed by atoms with E-state index in [0.29, 0.717) is 32.7 Å². The number of hydrogen-bond acceptors (Lipinski definition) is 5. The predicted octanol–water partition coefficient (Wildman–Crippen LogP) is 2.48. The van der Waals surface area contributed by atoms with E-state index in [0.717, 1.165) is 5.56 Å². The third-order valence-corrected chi connectivity index (χ3v) is 4.30. The predicted molar refractivity (Wildman–Crippen MR) is 94.9 cm³/mol. The van der Waals surface area contributed by atoms with Gasteiger partial charge in [-0.05, 0) is 37.5 Å². The van der Waals surface area contributed by atoms with E-state index in [1.807, 2.05) is 0 Å². The van der Waals surface area contributed by atoms with Gasteiger partial charge in [0.1, 0.15) is 0 Å². The maximum absolute atomic E-state index is 12.5. The van der Waals surface area contributed by atoms with Crippen LogP contribution < -0.4 is 20.5 Å². The van der Waals surface area contributed by atoms with E-state index in [4.69, 9.17) is 15.2 Å². The van der Waals surface area contributed by atoms with Crippen LogP contribution in [0, 0.1) is 5.41 Å². The zero-order chi connectivity index (χ0) is 18.3. The monoisotopic (exact) mass is 394 g/mol. The smallest absolute Gasteiger partial charge is 0.387 e. The summed E-state index contributed by atoms with van der Waals surface area (Å²) in [4.78, 5) is 12.5. The number of amides is 1. The molecule has 1 aliphatic rings. The van der Waals surface area contributed by atoms with Crippen LogP contribution in [-0.4, -0.2) is 38.9 Å². The molecule has 1 aliphatic heterocycles. The van der Waals surface area contributed by atoms with Gasteiger partial charge in [0.25, 0.3) is 0 Å². The fraction of sp³-hybridized carbons (Fsp3) is 0.588. The largest absolute Gasteiger partial charge is 0.490 e. The average molecular weight is 395 g/mol. The van der Waals surface area contributed by atoms with Gasteiger partial charge in [-0.3, -0.25) is 4.79 Å². The highest BCUT2D eigenvalue weighted by Crippen LogP contribution is 2.31. The minimum absolute atomic E-state index is 0. The van der Waals surface area contributed by atoms with Gasteiger partial charge in [0.2, 0.25) is 5.91 Å². The minimum atomic E-state index is -2.93. The molecule has 9 heteroatoms. The van der Waals surface area contributed by atoms with E-state index in [9.17, 15) is 13.6 Å². The van der Waals surface area contributed by atoms with Crippen molar-refractivity contribution < 1.29 is 27.8 Å². The van der Waals surface area contributed by atoms with Crippen molar-refractivity contribution >= 4 is 18.3 Å². The highest BCUT2D eigenvalue weighted by atomic mass is 35.5. The van der Waals surface area contributed by atoms with E-state index >= 15 is 0 Å². The Hall–Kier alpha value is -1.64. The van der Waals surface area contributed by atoms with E-state index in [2.05, 4.69) is 10.1 Å². The second-order valence-electron chi connectivity index (χ2n) is 5.87. The molecule has 1 aromatic carbocycles. The first-order valence-corrected chi connectivity index (χ1v) is 8.27. The quantitative estimate of drug-likeness (QED) is 0.707. The fourth-order valence-electron chi connectivity index (χ4n) is 2.78. The van der Waals surface area contributed by atoms with Gasteiger partial charge in [0.15, 0.2) is 11.5 Å². The Balaban J connectivity index is 0.00000338. The van der Waals surface area contributed by atoms with Crippen LogP contribution in [0.25, 0.3) is 0 Å². The molecule has 1 heterocycles. The number of carbonyl (C=O) groups excluding carboxylic acids is 1. The minimum Gasteiger partial charge on any atom is -0.490 e. The van der Waals surface area contributed by atoms with Crippen molar-refractivity contribution in [2.24, 2.45) is 11.1 Å². The van der Waals surface area contributed by atoms with E-state index in [1.54, 1.807) is 19.1 Å². The normalized spacial score (nSPS) is 15.9. The number of halogens is 3. The van der Waals surface area contributed by atoms with Gasteiger partial charge in [0.05, 0.1) is 12.0 Å². The molecule has 26 heavy (non-hydrogen) atoms. The number of nitrogens with two attached hydrogens (primary N) is 1. The van der Waals surface area contributed by atoms with Gasteiger partial charge in [-0.25, -0.2) is 0 Å². The molecule has 1 amide bonds. The molecule has 0 atom stereocenters. The lowest BCUT2D eigenvalue weighted by atomic mass is 9.79. The molecule has 0 bridgehead atoms. The maximum Gasteiger partial charge on any atom is 0.387 e. The highest BCUT2D eigenvalue weighted by Gasteiger charge is 2.38.